The summed E-state index contributed by atoms with van der Waals surface area (Å²) in [6, 6.07) is 6.40. The van der Waals surface area contributed by atoms with E-state index in [4.69, 9.17) is 10.00 Å². The van der Waals surface area contributed by atoms with Gasteiger partial charge < -0.3 is 10.1 Å². The Hall–Kier alpha value is -1.44. The average molecular weight is 236 g/mol. The molecular weight excluding hydrogens is 219 g/mol. The summed E-state index contributed by atoms with van der Waals surface area (Å²) in [6.07, 6.45) is 0. The molecule has 0 aromatic heterocycles. The van der Waals surface area contributed by atoms with Gasteiger partial charge in [0.1, 0.15) is 5.82 Å². The number of nitrogens with zero attached hydrogens (tertiary/aromatic N) is 1. The minimum absolute atomic E-state index is 0.213. The molecule has 0 aliphatic heterocycles. The van der Waals surface area contributed by atoms with Gasteiger partial charge in [0.25, 0.3) is 0 Å². The molecule has 17 heavy (non-hydrogen) atoms. The molecule has 4 heteroatoms. The SMILES string of the molecule is COCC(C)(C)NCc1ccc(C#N)cc1F. The zero-order valence-corrected chi connectivity index (χ0v) is 10.4. The number of nitriles is 1. The fourth-order valence-corrected chi connectivity index (χ4v) is 1.51. The molecule has 0 spiro atoms. The first kappa shape index (κ1) is 13.6. The van der Waals surface area contributed by atoms with Crippen LogP contribution in [0.3, 0.4) is 0 Å². The number of hydrogen-bond acceptors (Lipinski definition) is 3. The van der Waals surface area contributed by atoms with Gasteiger partial charge in [0.15, 0.2) is 0 Å². The van der Waals surface area contributed by atoms with Crippen LogP contribution in [0.1, 0.15) is 25.0 Å². The summed E-state index contributed by atoms with van der Waals surface area (Å²) in [7, 11) is 1.63. The Morgan fingerprint density at radius 2 is 2.18 bits per heavy atom. The largest absolute Gasteiger partial charge is 0.383 e. The molecule has 1 N–H and O–H groups in total. The van der Waals surface area contributed by atoms with Gasteiger partial charge in [-0.2, -0.15) is 5.26 Å². The van der Waals surface area contributed by atoms with Crippen molar-refractivity contribution in [2.24, 2.45) is 0 Å². The zero-order chi connectivity index (χ0) is 12.9. The molecular formula is C13H17FN2O. The third kappa shape index (κ3) is 4.14. The van der Waals surface area contributed by atoms with Crippen LogP contribution < -0.4 is 5.32 Å². The van der Waals surface area contributed by atoms with Crippen LogP contribution in [0.25, 0.3) is 0 Å². The van der Waals surface area contributed by atoms with Crippen LogP contribution in [0.4, 0.5) is 4.39 Å². The Bertz CT molecular complexity index is 424. The van der Waals surface area contributed by atoms with Gasteiger partial charge in [0.2, 0.25) is 0 Å². The number of benzene rings is 1. The predicted octanol–water partition coefficient (Wildman–Crippen LogP) is 2.21. The van der Waals surface area contributed by atoms with Crippen molar-refractivity contribution in [1.29, 1.82) is 5.26 Å². The van der Waals surface area contributed by atoms with Crippen molar-refractivity contribution in [3.63, 3.8) is 0 Å². The van der Waals surface area contributed by atoms with Gasteiger partial charge in [0.05, 0.1) is 18.2 Å². The zero-order valence-electron chi connectivity index (χ0n) is 10.4. The smallest absolute Gasteiger partial charge is 0.129 e. The van der Waals surface area contributed by atoms with Crippen molar-refractivity contribution < 1.29 is 9.13 Å². The topological polar surface area (TPSA) is 45.0 Å². The highest BCUT2D eigenvalue weighted by atomic mass is 19.1. The molecule has 1 aromatic rings. The van der Waals surface area contributed by atoms with E-state index in [-0.39, 0.29) is 11.4 Å². The van der Waals surface area contributed by atoms with Gasteiger partial charge in [-0.25, -0.2) is 4.39 Å². The van der Waals surface area contributed by atoms with Gasteiger partial charge in [-0.15, -0.1) is 0 Å². The Labute approximate surface area is 101 Å². The van der Waals surface area contributed by atoms with Crippen LogP contribution in [-0.4, -0.2) is 19.3 Å². The Balaban J connectivity index is 2.67. The molecule has 1 rings (SSSR count). The standard InChI is InChI=1S/C13H17FN2O/c1-13(2,9-17-3)16-8-11-5-4-10(7-15)6-12(11)14/h4-6,16H,8-9H2,1-3H3. The lowest BCUT2D eigenvalue weighted by Gasteiger charge is -2.25. The summed E-state index contributed by atoms with van der Waals surface area (Å²) < 4.78 is 18.6. The van der Waals surface area contributed by atoms with Gasteiger partial charge in [-0.3, -0.25) is 0 Å². The number of methoxy groups -OCH3 is 1. The molecule has 0 amide bonds. The maximum Gasteiger partial charge on any atom is 0.129 e. The predicted molar refractivity (Wildman–Crippen MR) is 63.9 cm³/mol. The summed E-state index contributed by atoms with van der Waals surface area (Å²) in [5, 5.41) is 11.8. The summed E-state index contributed by atoms with van der Waals surface area (Å²) in [4.78, 5) is 0. The summed E-state index contributed by atoms with van der Waals surface area (Å²) in [5.74, 6) is -0.357. The molecule has 0 heterocycles. The molecule has 0 aliphatic rings. The third-order valence-electron chi connectivity index (χ3n) is 2.44. The highest BCUT2D eigenvalue weighted by molar-refractivity contribution is 5.32. The van der Waals surface area contributed by atoms with E-state index in [9.17, 15) is 4.39 Å². The molecule has 0 bridgehead atoms. The van der Waals surface area contributed by atoms with Crippen molar-refractivity contribution in [2.75, 3.05) is 13.7 Å². The third-order valence-corrected chi connectivity index (χ3v) is 2.44. The van der Waals surface area contributed by atoms with Gasteiger partial charge in [-0.05, 0) is 26.0 Å². The van der Waals surface area contributed by atoms with E-state index in [1.807, 2.05) is 19.9 Å². The van der Waals surface area contributed by atoms with Crippen molar-refractivity contribution >= 4 is 0 Å². The highest BCUT2D eigenvalue weighted by Crippen LogP contribution is 2.11. The molecule has 0 fully saturated rings. The molecule has 0 atom stereocenters. The first-order valence-corrected chi connectivity index (χ1v) is 5.41. The molecule has 0 radical (unpaired) electrons. The van der Waals surface area contributed by atoms with Crippen LogP contribution in [0.15, 0.2) is 18.2 Å². The van der Waals surface area contributed by atoms with Gasteiger partial charge >= 0.3 is 0 Å². The quantitative estimate of drug-likeness (QED) is 0.852. The van der Waals surface area contributed by atoms with E-state index < -0.39 is 0 Å². The van der Waals surface area contributed by atoms with Crippen LogP contribution in [-0.2, 0) is 11.3 Å². The van der Waals surface area contributed by atoms with Crippen LogP contribution in [0, 0.1) is 17.1 Å². The van der Waals surface area contributed by atoms with Gasteiger partial charge in [0, 0.05) is 24.8 Å². The number of ether oxygens (including phenoxy) is 1. The second-order valence-corrected chi connectivity index (χ2v) is 4.59. The van der Waals surface area contributed by atoms with E-state index in [2.05, 4.69) is 5.32 Å². The van der Waals surface area contributed by atoms with E-state index in [1.165, 1.54) is 6.07 Å². The lowest BCUT2D eigenvalue weighted by Crippen LogP contribution is -2.42. The molecule has 0 aliphatic carbocycles. The van der Waals surface area contributed by atoms with Crippen molar-refractivity contribution in [1.82, 2.24) is 5.32 Å². The molecule has 0 saturated heterocycles. The minimum atomic E-state index is -0.357. The Kier molecular flexibility index (Phi) is 4.62. The Morgan fingerprint density at radius 1 is 1.47 bits per heavy atom. The second-order valence-electron chi connectivity index (χ2n) is 4.59. The fourth-order valence-electron chi connectivity index (χ4n) is 1.51. The molecule has 1 aromatic carbocycles. The highest BCUT2D eigenvalue weighted by Gasteiger charge is 2.17. The van der Waals surface area contributed by atoms with Crippen molar-refractivity contribution in [3.05, 3.63) is 35.1 Å². The monoisotopic (exact) mass is 236 g/mol. The molecule has 0 unspecified atom stereocenters. The number of nitrogens with one attached hydrogen (secondary N) is 1. The number of halogens is 1. The summed E-state index contributed by atoms with van der Waals surface area (Å²) in [5.41, 5.74) is 0.672. The Morgan fingerprint density at radius 3 is 2.71 bits per heavy atom. The van der Waals surface area contributed by atoms with Crippen molar-refractivity contribution in [2.45, 2.75) is 25.9 Å². The van der Waals surface area contributed by atoms with Crippen LogP contribution in [0.5, 0.6) is 0 Å². The number of hydrogen-bond donors (Lipinski definition) is 1. The molecule has 92 valence electrons. The van der Waals surface area contributed by atoms with E-state index in [0.717, 1.165) is 0 Å². The fraction of sp³-hybridized carbons (Fsp3) is 0.462. The normalized spacial score (nSPS) is 11.2. The average Bonchev–Trinajstić information content (AvgIpc) is 2.27. The number of rotatable bonds is 5. The van der Waals surface area contributed by atoms with E-state index in [1.54, 1.807) is 19.2 Å². The first-order chi connectivity index (χ1) is 7.98. The summed E-state index contributed by atoms with van der Waals surface area (Å²) in [6.45, 7) is 4.93. The van der Waals surface area contributed by atoms with Crippen molar-refractivity contribution in [3.8, 4) is 6.07 Å². The maximum atomic E-state index is 13.6. The maximum absolute atomic E-state index is 13.6. The first-order valence-electron chi connectivity index (χ1n) is 5.41. The van der Waals surface area contributed by atoms with E-state index >= 15 is 0 Å². The minimum Gasteiger partial charge on any atom is -0.383 e. The molecule has 0 saturated carbocycles. The summed E-state index contributed by atoms with van der Waals surface area (Å²) >= 11 is 0. The van der Waals surface area contributed by atoms with Crippen LogP contribution >= 0.6 is 0 Å². The second kappa shape index (κ2) is 5.76. The lowest BCUT2D eigenvalue weighted by molar-refractivity contribution is 0.127. The lowest BCUT2D eigenvalue weighted by atomic mass is 10.1. The van der Waals surface area contributed by atoms with Gasteiger partial charge in [-0.1, -0.05) is 6.07 Å². The molecule has 3 nitrogen and oxygen atoms in total. The van der Waals surface area contributed by atoms with Crippen LogP contribution in [0.2, 0.25) is 0 Å². The van der Waals surface area contributed by atoms with E-state index in [0.29, 0.717) is 24.3 Å².